The maximum absolute atomic E-state index is 14.0. The maximum atomic E-state index is 14.0. The van der Waals surface area contributed by atoms with Crippen molar-refractivity contribution in [2.45, 2.75) is 38.6 Å². The van der Waals surface area contributed by atoms with E-state index in [0.29, 0.717) is 40.3 Å². The lowest BCUT2D eigenvalue weighted by molar-refractivity contribution is -0.142. The zero-order valence-corrected chi connectivity index (χ0v) is 21.3. The molecule has 4 rings (SSSR count). The minimum absolute atomic E-state index is 0.106. The normalized spacial score (nSPS) is 20.2. The summed E-state index contributed by atoms with van der Waals surface area (Å²) in [6.45, 7) is 1.53. The minimum Gasteiger partial charge on any atom is -0.479 e. The van der Waals surface area contributed by atoms with Crippen molar-refractivity contribution < 1.29 is 31.3 Å². The number of aromatic nitrogens is 2. The van der Waals surface area contributed by atoms with Gasteiger partial charge in [0.15, 0.2) is 6.10 Å². The van der Waals surface area contributed by atoms with Crippen LogP contribution in [0.25, 0.3) is 10.9 Å². The molecule has 3 atom stereocenters. The van der Waals surface area contributed by atoms with Crippen molar-refractivity contribution in [2.24, 2.45) is 10.1 Å². The Morgan fingerprint density at radius 3 is 2.74 bits per heavy atom. The average Bonchev–Trinajstić information content (AvgIpc) is 3.16. The van der Waals surface area contributed by atoms with Crippen LogP contribution < -0.4 is 21.1 Å². The molecule has 1 aromatic heterocycles. The molecule has 9 nitrogen and oxygen atoms in total. The van der Waals surface area contributed by atoms with Gasteiger partial charge in [-0.05, 0) is 50.1 Å². The van der Waals surface area contributed by atoms with Crippen LogP contribution in [0.1, 0.15) is 18.9 Å². The average molecular weight is 555 g/mol. The van der Waals surface area contributed by atoms with Crippen molar-refractivity contribution in [3.8, 4) is 5.75 Å². The van der Waals surface area contributed by atoms with E-state index >= 15 is 0 Å². The number of aryl methyl sites for hydroxylation is 1. The summed E-state index contributed by atoms with van der Waals surface area (Å²) in [5.41, 5.74) is 7.86. The lowest BCUT2D eigenvalue weighted by atomic mass is 10.1. The number of carbonyl (C=O) groups is 1. The maximum Gasteiger partial charge on any atom is 0.405 e. The summed E-state index contributed by atoms with van der Waals surface area (Å²) >= 11 is 0. The molecule has 1 amide bonds. The molecule has 2 aromatic carbocycles. The molecule has 4 N–H and O–H groups in total. The molecular weight excluding hydrogens is 528 g/mol. The Balaban J connectivity index is 1.62. The summed E-state index contributed by atoms with van der Waals surface area (Å²) in [5.74, 6) is -0.702. The Hall–Kier alpha value is -3.52. The Morgan fingerprint density at radius 2 is 2.05 bits per heavy atom. The second kappa shape index (κ2) is 10.7. The summed E-state index contributed by atoms with van der Waals surface area (Å²) in [7, 11) is -2.45. The highest BCUT2D eigenvalue weighted by Gasteiger charge is 2.29. The van der Waals surface area contributed by atoms with Crippen molar-refractivity contribution in [1.82, 2.24) is 15.3 Å². The fourth-order valence-electron chi connectivity index (χ4n) is 4.03. The van der Waals surface area contributed by atoms with E-state index in [1.807, 2.05) is 0 Å². The van der Waals surface area contributed by atoms with Gasteiger partial charge >= 0.3 is 6.18 Å². The van der Waals surface area contributed by atoms with Gasteiger partial charge in [0.25, 0.3) is 5.91 Å². The first-order valence-corrected chi connectivity index (χ1v) is 13.5. The Labute approximate surface area is 216 Å². The van der Waals surface area contributed by atoms with Crippen LogP contribution in [0.2, 0.25) is 0 Å². The molecule has 0 aliphatic carbocycles. The van der Waals surface area contributed by atoms with E-state index in [2.05, 4.69) is 19.6 Å². The first-order chi connectivity index (χ1) is 17.8. The molecule has 1 aliphatic rings. The summed E-state index contributed by atoms with van der Waals surface area (Å²) < 4.78 is 74.3. The molecule has 0 radical (unpaired) electrons. The van der Waals surface area contributed by atoms with Gasteiger partial charge in [0.1, 0.15) is 30.3 Å². The number of hydrogen-bond acceptors (Lipinski definition) is 8. The topological polar surface area (TPSA) is 132 Å². The number of benzene rings is 2. The number of anilines is 2. The fourth-order valence-corrected chi connectivity index (χ4v) is 6.36. The number of fused-ring (bicyclic) bond motifs is 1. The molecule has 38 heavy (non-hydrogen) atoms. The molecule has 3 aromatic rings. The third kappa shape index (κ3) is 6.67. The number of halogens is 4. The zero-order valence-electron chi connectivity index (χ0n) is 20.5. The highest BCUT2D eigenvalue weighted by atomic mass is 32.2. The van der Waals surface area contributed by atoms with Gasteiger partial charge < -0.3 is 21.1 Å². The standard InChI is InChI=1S/C24H26F4N6O3S/c1-13-7-17(34-38(36)6-5-16(29)10-38)9-19-21(13)22(32-12-31-19)33-18-4-3-15(25)8-20(18)37-14(2)23(35)30-11-24(26,27)28/h3-4,7-9,12,14,16H,5-6,10-11,29H2,1-2H3,(H,30,35)(H,31,32,33)/t14-,16+,38?/m1/s1. The van der Waals surface area contributed by atoms with Crippen LogP contribution in [0.4, 0.5) is 34.8 Å². The predicted octanol–water partition coefficient (Wildman–Crippen LogP) is 4.10. The van der Waals surface area contributed by atoms with Crippen LogP contribution >= 0.6 is 0 Å². The smallest absolute Gasteiger partial charge is 0.405 e. The van der Waals surface area contributed by atoms with Crippen molar-refractivity contribution in [3.05, 3.63) is 48.0 Å². The first-order valence-electron chi connectivity index (χ1n) is 11.6. The largest absolute Gasteiger partial charge is 0.479 e. The Morgan fingerprint density at radius 1 is 1.29 bits per heavy atom. The van der Waals surface area contributed by atoms with Gasteiger partial charge in [-0.15, -0.1) is 0 Å². The van der Waals surface area contributed by atoms with E-state index in [9.17, 15) is 26.6 Å². The summed E-state index contributed by atoms with van der Waals surface area (Å²) in [4.78, 5) is 20.6. The SMILES string of the molecule is Cc1cc(N=S2(=O)CC[C@H](N)C2)cc2ncnc(Nc3ccc(F)cc3O[C@H](C)C(=O)NCC(F)(F)F)c12. The van der Waals surface area contributed by atoms with Gasteiger partial charge in [0.05, 0.1) is 26.6 Å². The quantitative estimate of drug-likeness (QED) is 0.375. The highest BCUT2D eigenvalue weighted by Crippen LogP contribution is 2.34. The second-order valence-electron chi connectivity index (χ2n) is 9.02. The molecule has 0 spiro atoms. The molecule has 14 heteroatoms. The molecule has 1 unspecified atom stereocenters. The Kier molecular flexibility index (Phi) is 7.74. The van der Waals surface area contributed by atoms with Crippen molar-refractivity contribution in [2.75, 3.05) is 23.4 Å². The number of amides is 1. The number of rotatable bonds is 7. The summed E-state index contributed by atoms with van der Waals surface area (Å²) in [6.07, 6.45) is -3.98. The molecule has 0 bridgehead atoms. The molecular formula is C24H26F4N6O3S. The van der Waals surface area contributed by atoms with E-state index in [1.165, 1.54) is 19.3 Å². The Bertz CT molecular complexity index is 1490. The van der Waals surface area contributed by atoms with Gasteiger partial charge in [0.2, 0.25) is 0 Å². The van der Waals surface area contributed by atoms with Gasteiger partial charge in [-0.25, -0.2) is 18.6 Å². The number of carbonyl (C=O) groups excluding carboxylic acids is 1. The summed E-state index contributed by atoms with van der Waals surface area (Å²) in [6, 6.07) is 6.80. The number of ether oxygens (including phenoxy) is 1. The molecule has 1 fully saturated rings. The van der Waals surface area contributed by atoms with Crippen molar-refractivity contribution in [1.29, 1.82) is 0 Å². The van der Waals surface area contributed by atoms with Gasteiger partial charge in [0, 0.05) is 29.0 Å². The monoisotopic (exact) mass is 554 g/mol. The predicted molar refractivity (Wildman–Crippen MR) is 136 cm³/mol. The van der Waals surface area contributed by atoms with Gasteiger partial charge in [-0.2, -0.15) is 17.5 Å². The van der Waals surface area contributed by atoms with Crippen LogP contribution in [-0.4, -0.2) is 56.5 Å². The van der Waals surface area contributed by atoms with Crippen molar-refractivity contribution >= 4 is 43.7 Å². The van der Waals surface area contributed by atoms with E-state index in [4.69, 9.17) is 10.5 Å². The molecule has 1 saturated heterocycles. The number of hydrogen-bond donors (Lipinski definition) is 3. The van der Waals surface area contributed by atoms with Crippen LogP contribution in [0.15, 0.2) is 41.0 Å². The van der Waals surface area contributed by atoms with Gasteiger partial charge in [-0.3, -0.25) is 4.79 Å². The lowest BCUT2D eigenvalue weighted by Gasteiger charge is -2.19. The van der Waals surface area contributed by atoms with E-state index in [0.717, 1.165) is 17.7 Å². The van der Waals surface area contributed by atoms with Crippen LogP contribution in [0.3, 0.4) is 0 Å². The number of alkyl halides is 3. The molecule has 1 aliphatic heterocycles. The van der Waals surface area contributed by atoms with Crippen molar-refractivity contribution in [3.63, 3.8) is 0 Å². The van der Waals surface area contributed by atoms with Crippen LogP contribution in [0, 0.1) is 12.7 Å². The minimum atomic E-state index is -4.58. The number of nitrogens with one attached hydrogen (secondary N) is 2. The zero-order chi connectivity index (χ0) is 27.7. The van der Waals surface area contributed by atoms with Gasteiger partial charge in [-0.1, -0.05) is 0 Å². The lowest BCUT2D eigenvalue weighted by Crippen LogP contribution is -2.41. The third-order valence-corrected chi connectivity index (χ3v) is 8.17. The molecule has 2 heterocycles. The first kappa shape index (κ1) is 27.5. The third-order valence-electron chi connectivity index (χ3n) is 5.81. The van der Waals surface area contributed by atoms with E-state index < -0.39 is 40.3 Å². The highest BCUT2D eigenvalue weighted by molar-refractivity contribution is 7.94. The van der Waals surface area contributed by atoms with Crippen LogP contribution in [0.5, 0.6) is 5.75 Å². The van der Waals surface area contributed by atoms with E-state index in [-0.39, 0.29) is 17.5 Å². The second-order valence-corrected chi connectivity index (χ2v) is 11.5. The summed E-state index contributed by atoms with van der Waals surface area (Å²) in [5, 5.41) is 5.37. The van der Waals surface area contributed by atoms with Crippen LogP contribution in [-0.2, 0) is 14.5 Å². The fraction of sp³-hybridized carbons (Fsp3) is 0.375. The number of nitrogens with two attached hydrogens (primary N) is 1. The number of nitrogens with zero attached hydrogens (tertiary/aromatic N) is 3. The van der Waals surface area contributed by atoms with E-state index in [1.54, 1.807) is 24.4 Å². The molecule has 204 valence electrons. The molecule has 0 saturated carbocycles.